The molecule has 0 aromatic carbocycles. The van der Waals surface area contributed by atoms with E-state index in [-0.39, 0.29) is 11.8 Å². The van der Waals surface area contributed by atoms with Crippen LogP contribution in [0.1, 0.15) is 26.7 Å². The van der Waals surface area contributed by atoms with Crippen molar-refractivity contribution in [2.75, 3.05) is 6.54 Å². The molecule has 0 aliphatic carbocycles. The van der Waals surface area contributed by atoms with Crippen LogP contribution in [0.2, 0.25) is 0 Å². The first-order chi connectivity index (χ1) is 5.25. The van der Waals surface area contributed by atoms with E-state index in [1.807, 2.05) is 24.1 Å². The highest BCUT2D eigenvalue weighted by Crippen LogP contribution is 2.16. The van der Waals surface area contributed by atoms with Gasteiger partial charge in [0.25, 0.3) is 0 Å². The molecule has 0 aromatic heterocycles. The van der Waals surface area contributed by atoms with Crippen LogP contribution in [-0.4, -0.2) is 17.4 Å². The molecular weight excluding hydrogens is 138 g/mol. The predicted octanol–water partition coefficient (Wildman–Crippen LogP) is 1.78. The van der Waals surface area contributed by atoms with Gasteiger partial charge in [0, 0.05) is 18.7 Å². The molecule has 1 heterocycles. The zero-order valence-corrected chi connectivity index (χ0v) is 7.21. The van der Waals surface area contributed by atoms with Crippen molar-refractivity contribution in [3.8, 4) is 0 Å². The largest absolute Gasteiger partial charge is 0.319 e. The molecule has 1 aliphatic rings. The monoisotopic (exact) mass is 153 g/mol. The molecule has 2 heteroatoms. The lowest BCUT2D eigenvalue weighted by molar-refractivity contribution is -0.128. The molecule has 62 valence electrons. The molecule has 0 aromatic rings. The number of carbonyl (C=O) groups is 1. The average Bonchev–Trinajstić information content (AvgIpc) is 2.31. The summed E-state index contributed by atoms with van der Waals surface area (Å²) in [5.74, 6) is 0.506. The Labute approximate surface area is 67.9 Å². The van der Waals surface area contributed by atoms with Crippen molar-refractivity contribution in [1.29, 1.82) is 0 Å². The molecule has 2 nitrogen and oxygen atoms in total. The predicted molar refractivity (Wildman–Crippen MR) is 44.9 cm³/mol. The van der Waals surface area contributed by atoms with E-state index >= 15 is 0 Å². The Morgan fingerprint density at radius 2 is 2.45 bits per heavy atom. The molecule has 0 spiro atoms. The van der Waals surface area contributed by atoms with Gasteiger partial charge in [-0.2, -0.15) is 0 Å². The van der Waals surface area contributed by atoms with E-state index in [0.29, 0.717) is 0 Å². The minimum atomic E-state index is 0.233. The third-order valence-electron chi connectivity index (χ3n) is 2.03. The molecule has 11 heavy (non-hydrogen) atoms. The van der Waals surface area contributed by atoms with Crippen LogP contribution in [0.25, 0.3) is 0 Å². The molecule has 0 saturated carbocycles. The number of carbonyl (C=O) groups excluding carboxylic acids is 1. The van der Waals surface area contributed by atoms with E-state index in [9.17, 15) is 4.79 Å². The first-order valence-corrected chi connectivity index (χ1v) is 4.23. The van der Waals surface area contributed by atoms with Crippen LogP contribution in [0.3, 0.4) is 0 Å². The second-order valence-electron chi connectivity index (χ2n) is 3.01. The highest BCUT2D eigenvalue weighted by Gasteiger charge is 2.25. The van der Waals surface area contributed by atoms with Gasteiger partial charge in [-0.1, -0.05) is 19.9 Å². The quantitative estimate of drug-likeness (QED) is 0.592. The molecule has 0 radical (unpaired) electrons. The summed E-state index contributed by atoms with van der Waals surface area (Å²) in [6.07, 6.45) is 5.94. The Morgan fingerprint density at radius 3 is 2.91 bits per heavy atom. The highest BCUT2D eigenvalue weighted by atomic mass is 16.2. The van der Waals surface area contributed by atoms with Gasteiger partial charge in [0.2, 0.25) is 5.91 Å². The number of nitrogens with zero attached hydrogens (tertiary/aromatic N) is 1. The Morgan fingerprint density at radius 1 is 1.73 bits per heavy atom. The number of amides is 1. The number of allylic oxidation sites excluding steroid dienone is 1. The van der Waals surface area contributed by atoms with E-state index in [0.717, 1.165) is 19.4 Å². The Bertz CT molecular complexity index is 174. The van der Waals surface area contributed by atoms with Crippen LogP contribution in [0.15, 0.2) is 12.3 Å². The zero-order valence-electron chi connectivity index (χ0n) is 7.21. The van der Waals surface area contributed by atoms with Crippen LogP contribution in [0.4, 0.5) is 0 Å². The zero-order chi connectivity index (χ0) is 8.27. The Balaban J connectivity index is 2.48. The fourth-order valence-corrected chi connectivity index (χ4v) is 1.23. The molecule has 1 rings (SSSR count). The minimum absolute atomic E-state index is 0.233. The van der Waals surface area contributed by atoms with E-state index in [1.54, 1.807) is 0 Å². The summed E-state index contributed by atoms with van der Waals surface area (Å²) in [5, 5.41) is 0. The third-order valence-corrected chi connectivity index (χ3v) is 2.03. The summed E-state index contributed by atoms with van der Waals surface area (Å²) in [6, 6.07) is 0. The number of hydrogen-bond acceptors (Lipinski definition) is 1. The first-order valence-electron chi connectivity index (χ1n) is 4.23. The van der Waals surface area contributed by atoms with Gasteiger partial charge in [-0.25, -0.2) is 0 Å². The minimum Gasteiger partial charge on any atom is -0.319 e. The molecule has 1 aliphatic heterocycles. The van der Waals surface area contributed by atoms with Gasteiger partial charge in [-0.05, 0) is 12.8 Å². The Kier molecular flexibility index (Phi) is 2.69. The summed E-state index contributed by atoms with van der Waals surface area (Å²) in [4.78, 5) is 13.1. The highest BCUT2D eigenvalue weighted by molar-refractivity contribution is 5.81. The van der Waals surface area contributed by atoms with Crippen LogP contribution >= 0.6 is 0 Å². The Hall–Kier alpha value is -0.790. The number of rotatable bonds is 2. The van der Waals surface area contributed by atoms with Gasteiger partial charge < -0.3 is 4.90 Å². The topological polar surface area (TPSA) is 20.3 Å². The standard InChI is InChI=1S/C9H15NO/c1-3-4-6-10-7-5-8(2)9(10)11/h4,6,8H,3,5,7H2,1-2H3/b6-4+. The summed E-state index contributed by atoms with van der Waals surface area (Å²) < 4.78 is 0. The van der Waals surface area contributed by atoms with Crippen molar-refractivity contribution in [2.24, 2.45) is 5.92 Å². The lowest BCUT2D eigenvalue weighted by atomic mass is 10.1. The fraction of sp³-hybridized carbons (Fsp3) is 0.667. The maximum Gasteiger partial charge on any atom is 0.229 e. The third kappa shape index (κ3) is 1.82. The van der Waals surface area contributed by atoms with Gasteiger partial charge >= 0.3 is 0 Å². The van der Waals surface area contributed by atoms with Crippen molar-refractivity contribution in [1.82, 2.24) is 4.90 Å². The van der Waals surface area contributed by atoms with Gasteiger partial charge in [0.1, 0.15) is 0 Å². The summed E-state index contributed by atoms with van der Waals surface area (Å²) in [7, 11) is 0. The van der Waals surface area contributed by atoms with Crippen LogP contribution in [0.5, 0.6) is 0 Å². The van der Waals surface area contributed by atoms with E-state index in [2.05, 4.69) is 6.92 Å². The number of hydrogen-bond donors (Lipinski definition) is 0. The maximum absolute atomic E-state index is 11.3. The molecular formula is C9H15NO. The summed E-state index contributed by atoms with van der Waals surface area (Å²) in [5.41, 5.74) is 0. The van der Waals surface area contributed by atoms with Crippen LogP contribution < -0.4 is 0 Å². The van der Waals surface area contributed by atoms with Gasteiger partial charge in [0.05, 0.1) is 0 Å². The van der Waals surface area contributed by atoms with E-state index < -0.39 is 0 Å². The molecule has 1 fully saturated rings. The smallest absolute Gasteiger partial charge is 0.229 e. The summed E-state index contributed by atoms with van der Waals surface area (Å²) in [6.45, 7) is 4.96. The second kappa shape index (κ2) is 3.56. The normalized spacial score (nSPS) is 25.5. The first kappa shape index (κ1) is 8.31. The molecule has 1 amide bonds. The van der Waals surface area contributed by atoms with Crippen molar-refractivity contribution in [2.45, 2.75) is 26.7 Å². The molecule has 0 bridgehead atoms. The van der Waals surface area contributed by atoms with Crippen molar-refractivity contribution in [3.63, 3.8) is 0 Å². The lowest BCUT2D eigenvalue weighted by Crippen LogP contribution is -2.20. The molecule has 0 N–H and O–H groups in total. The van der Waals surface area contributed by atoms with E-state index in [4.69, 9.17) is 0 Å². The summed E-state index contributed by atoms with van der Waals surface area (Å²) >= 11 is 0. The van der Waals surface area contributed by atoms with Crippen molar-refractivity contribution in [3.05, 3.63) is 12.3 Å². The number of likely N-dealkylation sites (tertiary alicyclic amines) is 1. The lowest BCUT2D eigenvalue weighted by Gasteiger charge is -2.08. The van der Waals surface area contributed by atoms with Gasteiger partial charge in [-0.15, -0.1) is 0 Å². The maximum atomic E-state index is 11.3. The SMILES string of the molecule is CC/C=C/N1CCC(C)C1=O. The van der Waals surface area contributed by atoms with Crippen LogP contribution in [0, 0.1) is 5.92 Å². The van der Waals surface area contributed by atoms with Crippen molar-refractivity contribution >= 4 is 5.91 Å². The van der Waals surface area contributed by atoms with Gasteiger partial charge in [-0.3, -0.25) is 4.79 Å². The second-order valence-corrected chi connectivity index (χ2v) is 3.01. The van der Waals surface area contributed by atoms with Crippen LogP contribution in [-0.2, 0) is 4.79 Å². The van der Waals surface area contributed by atoms with Gasteiger partial charge in [0.15, 0.2) is 0 Å². The van der Waals surface area contributed by atoms with E-state index in [1.165, 1.54) is 0 Å². The fourth-order valence-electron chi connectivity index (χ4n) is 1.23. The molecule has 1 saturated heterocycles. The molecule has 1 unspecified atom stereocenters. The molecule has 1 atom stereocenters. The average molecular weight is 153 g/mol. The van der Waals surface area contributed by atoms with Crippen molar-refractivity contribution < 1.29 is 4.79 Å².